The third-order valence-corrected chi connectivity index (χ3v) is 2.72. The molecule has 2 heterocycles. The lowest BCUT2D eigenvalue weighted by molar-refractivity contribution is 0.965. The summed E-state index contributed by atoms with van der Waals surface area (Å²) in [5.41, 5.74) is 1.49. The Morgan fingerprint density at radius 1 is 1.47 bits per heavy atom. The van der Waals surface area contributed by atoms with Crippen LogP contribution in [0.1, 0.15) is 11.1 Å². The maximum atomic E-state index is 8.98. The van der Waals surface area contributed by atoms with Crippen LogP contribution in [0.3, 0.4) is 0 Å². The van der Waals surface area contributed by atoms with Gasteiger partial charge in [0, 0.05) is 6.20 Å². The number of rotatable bonds is 2. The number of pyridine rings is 1. The number of aromatic amines is 1. The molecule has 0 spiro atoms. The van der Waals surface area contributed by atoms with Crippen LogP contribution in [0, 0.1) is 18.3 Å². The zero-order chi connectivity index (χ0) is 10.7. The molecule has 0 aromatic carbocycles. The summed E-state index contributed by atoms with van der Waals surface area (Å²) in [5.74, 6) is 0. The van der Waals surface area contributed by atoms with E-state index in [1.165, 1.54) is 18.1 Å². The van der Waals surface area contributed by atoms with Crippen molar-refractivity contribution >= 4 is 11.8 Å². The maximum Gasteiger partial charge on any atom is 0.189 e. The van der Waals surface area contributed by atoms with Gasteiger partial charge >= 0.3 is 0 Å². The summed E-state index contributed by atoms with van der Waals surface area (Å²) in [6, 6.07) is 3.94. The normalized spacial score (nSPS) is 9.87. The van der Waals surface area contributed by atoms with Crippen LogP contribution in [0.25, 0.3) is 0 Å². The summed E-state index contributed by atoms with van der Waals surface area (Å²) < 4.78 is 0. The predicted molar refractivity (Wildman–Crippen MR) is 54.2 cm³/mol. The molecule has 0 radical (unpaired) electrons. The molecule has 5 nitrogen and oxygen atoms in total. The first-order valence-electron chi connectivity index (χ1n) is 4.20. The Kier molecular flexibility index (Phi) is 2.65. The molecule has 0 aliphatic carbocycles. The second-order valence-electron chi connectivity index (χ2n) is 2.81. The molecule has 2 rings (SSSR count). The second kappa shape index (κ2) is 4.11. The lowest BCUT2D eigenvalue weighted by atomic mass is 10.2. The van der Waals surface area contributed by atoms with Crippen molar-refractivity contribution in [2.24, 2.45) is 0 Å². The zero-order valence-electron chi connectivity index (χ0n) is 7.93. The fraction of sp³-hybridized carbons (Fsp3) is 0.111. The first-order valence-corrected chi connectivity index (χ1v) is 5.02. The molecule has 0 atom stereocenters. The van der Waals surface area contributed by atoms with Gasteiger partial charge in [-0.25, -0.2) is 9.97 Å². The van der Waals surface area contributed by atoms with E-state index in [1.807, 2.05) is 13.0 Å². The van der Waals surface area contributed by atoms with Gasteiger partial charge in [0.25, 0.3) is 0 Å². The van der Waals surface area contributed by atoms with E-state index in [-0.39, 0.29) is 0 Å². The highest BCUT2D eigenvalue weighted by Gasteiger charge is 2.09. The minimum absolute atomic E-state index is 0.582. The molecule has 0 saturated carbocycles. The van der Waals surface area contributed by atoms with Gasteiger partial charge in [-0.15, -0.1) is 0 Å². The molecule has 15 heavy (non-hydrogen) atoms. The molecule has 0 saturated heterocycles. The SMILES string of the molecule is Cc1ccnc(Sc2ncn[nH]2)c1C#N. The van der Waals surface area contributed by atoms with Crippen LogP contribution in [0.4, 0.5) is 0 Å². The van der Waals surface area contributed by atoms with Crippen LogP contribution in [0.15, 0.2) is 28.8 Å². The molecule has 74 valence electrons. The monoisotopic (exact) mass is 217 g/mol. The third kappa shape index (κ3) is 1.97. The summed E-state index contributed by atoms with van der Waals surface area (Å²) in [4.78, 5) is 8.10. The van der Waals surface area contributed by atoms with Crippen molar-refractivity contribution in [3.8, 4) is 6.07 Å². The first-order chi connectivity index (χ1) is 7.31. The number of nitriles is 1. The standard InChI is InChI=1S/C9H7N5S/c1-6-2-3-11-8(7(6)4-10)15-9-12-5-13-14-9/h2-3,5H,1H3,(H,12,13,14). The summed E-state index contributed by atoms with van der Waals surface area (Å²) >= 11 is 1.30. The van der Waals surface area contributed by atoms with E-state index in [0.717, 1.165) is 5.56 Å². The topological polar surface area (TPSA) is 78.2 Å². The molecule has 0 amide bonds. The van der Waals surface area contributed by atoms with Gasteiger partial charge in [-0.1, -0.05) is 0 Å². The largest absolute Gasteiger partial charge is 0.254 e. The van der Waals surface area contributed by atoms with Crippen molar-refractivity contribution in [1.82, 2.24) is 20.2 Å². The van der Waals surface area contributed by atoms with Crippen LogP contribution in [0.5, 0.6) is 0 Å². The number of hydrogen-bond donors (Lipinski definition) is 1. The second-order valence-corrected chi connectivity index (χ2v) is 3.79. The van der Waals surface area contributed by atoms with E-state index in [1.54, 1.807) is 6.20 Å². The predicted octanol–water partition coefficient (Wildman–Crippen LogP) is 1.53. The summed E-state index contributed by atoms with van der Waals surface area (Å²) in [6.07, 6.45) is 3.10. The van der Waals surface area contributed by atoms with Crippen molar-refractivity contribution in [2.45, 2.75) is 17.1 Å². The average Bonchev–Trinajstić information content (AvgIpc) is 2.71. The van der Waals surface area contributed by atoms with Gasteiger partial charge in [0.2, 0.25) is 0 Å². The Morgan fingerprint density at radius 3 is 3.00 bits per heavy atom. The quantitative estimate of drug-likeness (QED) is 0.825. The van der Waals surface area contributed by atoms with Gasteiger partial charge in [-0.05, 0) is 30.3 Å². The van der Waals surface area contributed by atoms with Crippen LogP contribution < -0.4 is 0 Å². The maximum absolute atomic E-state index is 8.98. The van der Waals surface area contributed by atoms with E-state index in [2.05, 4.69) is 26.2 Å². The molecule has 0 unspecified atom stereocenters. The van der Waals surface area contributed by atoms with Gasteiger partial charge in [0.15, 0.2) is 5.16 Å². The Labute approximate surface area is 90.6 Å². The zero-order valence-corrected chi connectivity index (χ0v) is 8.75. The highest BCUT2D eigenvalue weighted by atomic mass is 32.2. The number of aromatic nitrogens is 4. The van der Waals surface area contributed by atoms with Crippen molar-refractivity contribution in [3.05, 3.63) is 29.7 Å². The summed E-state index contributed by atoms with van der Waals surface area (Å²) in [5, 5.41) is 16.7. The number of nitrogens with zero attached hydrogens (tertiary/aromatic N) is 4. The molecule has 6 heteroatoms. The molecule has 0 bridgehead atoms. The van der Waals surface area contributed by atoms with E-state index >= 15 is 0 Å². The lowest BCUT2D eigenvalue weighted by Gasteiger charge is -2.01. The van der Waals surface area contributed by atoms with Gasteiger partial charge in [0.05, 0.1) is 5.56 Å². The highest BCUT2D eigenvalue weighted by molar-refractivity contribution is 7.99. The average molecular weight is 217 g/mol. The van der Waals surface area contributed by atoms with Gasteiger partial charge in [-0.3, -0.25) is 5.10 Å². The van der Waals surface area contributed by atoms with Crippen LogP contribution >= 0.6 is 11.8 Å². The van der Waals surface area contributed by atoms with Gasteiger partial charge < -0.3 is 0 Å². The van der Waals surface area contributed by atoms with E-state index in [0.29, 0.717) is 15.7 Å². The van der Waals surface area contributed by atoms with E-state index < -0.39 is 0 Å². The van der Waals surface area contributed by atoms with Gasteiger partial charge in [0.1, 0.15) is 17.4 Å². The summed E-state index contributed by atoms with van der Waals surface area (Å²) in [6.45, 7) is 1.88. The van der Waals surface area contributed by atoms with Crippen molar-refractivity contribution < 1.29 is 0 Å². The Bertz CT molecular complexity index is 500. The molecule has 0 fully saturated rings. The minimum atomic E-state index is 0.582. The summed E-state index contributed by atoms with van der Waals surface area (Å²) in [7, 11) is 0. The third-order valence-electron chi connectivity index (χ3n) is 1.82. The number of hydrogen-bond acceptors (Lipinski definition) is 5. The van der Waals surface area contributed by atoms with Crippen LogP contribution in [-0.2, 0) is 0 Å². The van der Waals surface area contributed by atoms with E-state index in [4.69, 9.17) is 5.26 Å². The molecule has 0 aliphatic heterocycles. The van der Waals surface area contributed by atoms with Gasteiger partial charge in [-0.2, -0.15) is 10.4 Å². The Morgan fingerprint density at radius 2 is 2.33 bits per heavy atom. The molecule has 2 aromatic heterocycles. The fourth-order valence-electron chi connectivity index (χ4n) is 1.08. The van der Waals surface area contributed by atoms with Crippen LogP contribution in [-0.4, -0.2) is 20.2 Å². The highest BCUT2D eigenvalue weighted by Crippen LogP contribution is 2.26. The first kappa shape index (κ1) is 9.68. The number of nitrogens with one attached hydrogen (secondary N) is 1. The fourth-order valence-corrected chi connectivity index (χ4v) is 1.89. The Balaban J connectivity index is 2.37. The molecule has 2 aromatic rings. The lowest BCUT2D eigenvalue weighted by Crippen LogP contribution is -1.90. The van der Waals surface area contributed by atoms with Crippen molar-refractivity contribution in [2.75, 3.05) is 0 Å². The number of H-pyrrole nitrogens is 1. The van der Waals surface area contributed by atoms with E-state index in [9.17, 15) is 0 Å². The molecular weight excluding hydrogens is 210 g/mol. The smallest absolute Gasteiger partial charge is 0.189 e. The molecule has 1 N–H and O–H groups in total. The Hall–Kier alpha value is -1.87. The van der Waals surface area contributed by atoms with Crippen molar-refractivity contribution in [1.29, 1.82) is 5.26 Å². The minimum Gasteiger partial charge on any atom is -0.254 e. The molecular formula is C9H7N5S. The van der Waals surface area contributed by atoms with Crippen molar-refractivity contribution in [3.63, 3.8) is 0 Å². The van der Waals surface area contributed by atoms with Crippen LogP contribution in [0.2, 0.25) is 0 Å². The number of aryl methyl sites for hydroxylation is 1. The molecule has 0 aliphatic rings.